The van der Waals surface area contributed by atoms with Crippen molar-refractivity contribution in [1.82, 2.24) is 24.3 Å². The first-order chi connectivity index (χ1) is 21.8. The smallest absolute Gasteiger partial charge is 0.407 e. The molecular formula is C33H30FN7O4. The fraction of sp³-hybridized carbons (Fsp3) is 0.303. The minimum atomic E-state index is -1.05. The number of hydrogen-bond donors (Lipinski definition) is 2. The highest BCUT2D eigenvalue weighted by atomic mass is 19.1. The average molecular weight is 608 g/mol. The van der Waals surface area contributed by atoms with Gasteiger partial charge in [0.25, 0.3) is 11.8 Å². The first-order valence-electron chi connectivity index (χ1n) is 15.0. The molecule has 0 saturated carbocycles. The van der Waals surface area contributed by atoms with Crippen LogP contribution < -0.4 is 10.2 Å². The summed E-state index contributed by atoms with van der Waals surface area (Å²) in [4.78, 5) is 52.7. The van der Waals surface area contributed by atoms with Crippen molar-refractivity contribution in [3.8, 4) is 11.1 Å². The Hall–Kier alpha value is -5.26. The zero-order chi connectivity index (χ0) is 30.9. The van der Waals surface area contributed by atoms with E-state index in [4.69, 9.17) is 5.11 Å². The lowest BCUT2D eigenvalue weighted by Crippen LogP contribution is -2.73. The van der Waals surface area contributed by atoms with Crippen LogP contribution in [0.4, 0.5) is 20.7 Å². The molecule has 0 radical (unpaired) electrons. The van der Waals surface area contributed by atoms with Crippen LogP contribution in [0.5, 0.6) is 0 Å². The van der Waals surface area contributed by atoms with Crippen molar-refractivity contribution in [2.75, 3.05) is 36.4 Å². The molecule has 6 heterocycles. The van der Waals surface area contributed by atoms with Crippen LogP contribution in [0.25, 0.3) is 11.1 Å². The predicted molar refractivity (Wildman–Crippen MR) is 162 cm³/mol. The van der Waals surface area contributed by atoms with Gasteiger partial charge in [-0.05, 0) is 60.4 Å². The van der Waals surface area contributed by atoms with Gasteiger partial charge in [0.15, 0.2) is 6.04 Å². The minimum Gasteiger partial charge on any atom is -0.465 e. The van der Waals surface area contributed by atoms with Gasteiger partial charge >= 0.3 is 6.09 Å². The number of benzene rings is 2. The molecule has 1 spiro atoms. The number of carbonyl (C=O) groups is 3. The number of imidazole rings is 1. The molecule has 1 unspecified atom stereocenters. The molecule has 0 bridgehead atoms. The second kappa shape index (κ2) is 10.1. The van der Waals surface area contributed by atoms with E-state index in [2.05, 4.69) is 20.2 Å². The van der Waals surface area contributed by atoms with Crippen molar-refractivity contribution in [2.24, 2.45) is 5.41 Å². The van der Waals surface area contributed by atoms with Gasteiger partial charge < -0.3 is 29.7 Å². The number of aryl methyl sites for hydroxylation is 1. The molecule has 12 heteroatoms. The molecule has 2 aromatic carbocycles. The van der Waals surface area contributed by atoms with Crippen LogP contribution in [-0.4, -0.2) is 73.5 Å². The average Bonchev–Trinajstić information content (AvgIpc) is 3.69. The van der Waals surface area contributed by atoms with E-state index in [1.165, 1.54) is 15.9 Å². The van der Waals surface area contributed by atoms with Crippen LogP contribution in [0.1, 0.15) is 39.8 Å². The highest BCUT2D eigenvalue weighted by Crippen LogP contribution is 2.43. The number of rotatable bonds is 6. The number of carboxylic acid groups (broad SMARTS) is 1. The fourth-order valence-electron chi connectivity index (χ4n) is 7.25. The summed E-state index contributed by atoms with van der Waals surface area (Å²) in [6.45, 7) is 3.45. The third-order valence-corrected chi connectivity index (χ3v) is 9.48. The van der Waals surface area contributed by atoms with E-state index in [0.717, 1.165) is 49.4 Å². The Bertz CT molecular complexity index is 1840. The molecule has 2 N–H and O–H groups in total. The number of nitrogens with one attached hydrogen (secondary N) is 1. The summed E-state index contributed by atoms with van der Waals surface area (Å²) in [5.41, 5.74) is 4.29. The Labute approximate surface area is 257 Å². The molecule has 2 saturated heterocycles. The second-order valence-electron chi connectivity index (χ2n) is 12.4. The lowest BCUT2D eigenvalue weighted by molar-refractivity contribution is -0.121. The molecule has 4 aliphatic heterocycles. The molecule has 4 aliphatic rings. The Morgan fingerprint density at radius 3 is 2.53 bits per heavy atom. The zero-order valence-corrected chi connectivity index (χ0v) is 24.3. The molecule has 228 valence electrons. The third-order valence-electron chi connectivity index (χ3n) is 9.48. The SMILES string of the molecule is O=C(Nc1ccccn1)C(c1ncn2c1CCC2)N1Cc2c(F)cc(-c3ccc(N4CC5(CN(C(=O)O)C5)C4)cc3)cc2C1=O. The standard InChI is InChI=1S/C33H30FN7O4/c34-25-13-21(20-6-8-22(9-7-20)39-15-33(16-39)17-40(18-33)32(44)45)12-23-24(25)14-41(31(23)43)29(28-26-4-3-11-38(26)19-36-28)30(42)37-27-5-1-2-10-35-27/h1-2,5-10,12-13,19,29H,3-4,11,14-18H2,(H,44,45)(H,35,37,42). The number of aromatic nitrogens is 3. The molecule has 3 amide bonds. The van der Waals surface area contributed by atoms with Gasteiger partial charge in [0.2, 0.25) is 0 Å². The summed E-state index contributed by atoms with van der Waals surface area (Å²) in [6, 6.07) is 15.0. The summed E-state index contributed by atoms with van der Waals surface area (Å²) in [6.07, 6.45) is 4.06. The number of halogens is 1. The summed E-state index contributed by atoms with van der Waals surface area (Å²) in [7, 11) is 0. The quantitative estimate of drug-likeness (QED) is 0.337. The number of likely N-dealkylation sites (tertiary alicyclic amines) is 1. The lowest BCUT2D eigenvalue weighted by atomic mass is 9.73. The van der Waals surface area contributed by atoms with Crippen LogP contribution in [0, 0.1) is 11.2 Å². The Morgan fingerprint density at radius 1 is 1.00 bits per heavy atom. The van der Waals surface area contributed by atoms with E-state index in [1.807, 2.05) is 28.8 Å². The number of nitrogens with zero attached hydrogens (tertiary/aromatic N) is 6. The van der Waals surface area contributed by atoms with Gasteiger partial charge in [-0.25, -0.2) is 19.2 Å². The number of amides is 3. The van der Waals surface area contributed by atoms with Crippen molar-refractivity contribution in [3.63, 3.8) is 0 Å². The summed E-state index contributed by atoms with van der Waals surface area (Å²) in [5.74, 6) is -1.03. The van der Waals surface area contributed by atoms with E-state index >= 15 is 4.39 Å². The summed E-state index contributed by atoms with van der Waals surface area (Å²) in [5, 5.41) is 12.0. The maximum Gasteiger partial charge on any atom is 0.407 e. The highest BCUT2D eigenvalue weighted by Gasteiger charge is 2.53. The van der Waals surface area contributed by atoms with Crippen LogP contribution in [0.15, 0.2) is 67.1 Å². The number of anilines is 2. The summed E-state index contributed by atoms with van der Waals surface area (Å²) < 4.78 is 17.7. The van der Waals surface area contributed by atoms with Gasteiger partial charge in [0, 0.05) is 66.8 Å². The highest BCUT2D eigenvalue weighted by molar-refractivity contribution is 6.04. The zero-order valence-electron chi connectivity index (χ0n) is 24.3. The monoisotopic (exact) mass is 607 g/mol. The van der Waals surface area contributed by atoms with Gasteiger partial charge in [-0.3, -0.25) is 9.59 Å². The van der Waals surface area contributed by atoms with Crippen molar-refractivity contribution in [2.45, 2.75) is 32.0 Å². The van der Waals surface area contributed by atoms with Gasteiger partial charge in [-0.2, -0.15) is 0 Å². The van der Waals surface area contributed by atoms with Crippen molar-refractivity contribution in [1.29, 1.82) is 0 Å². The minimum absolute atomic E-state index is 0.0371. The van der Waals surface area contributed by atoms with Gasteiger partial charge in [-0.1, -0.05) is 18.2 Å². The van der Waals surface area contributed by atoms with Crippen molar-refractivity contribution < 1.29 is 23.9 Å². The molecule has 8 rings (SSSR count). The molecule has 2 aromatic heterocycles. The topological polar surface area (TPSA) is 124 Å². The molecule has 45 heavy (non-hydrogen) atoms. The van der Waals surface area contributed by atoms with Gasteiger partial charge in [0.05, 0.1) is 18.6 Å². The fourth-order valence-corrected chi connectivity index (χ4v) is 7.25. The third kappa shape index (κ3) is 4.50. The lowest BCUT2D eigenvalue weighted by Gasteiger charge is -2.60. The van der Waals surface area contributed by atoms with E-state index < -0.39 is 29.8 Å². The Kier molecular flexibility index (Phi) is 6.16. The van der Waals surface area contributed by atoms with Crippen LogP contribution in [0.2, 0.25) is 0 Å². The molecule has 1 atom stereocenters. The van der Waals surface area contributed by atoms with E-state index in [-0.39, 0.29) is 23.1 Å². The first-order valence-corrected chi connectivity index (χ1v) is 15.0. The van der Waals surface area contributed by atoms with Crippen LogP contribution in [0.3, 0.4) is 0 Å². The van der Waals surface area contributed by atoms with Crippen molar-refractivity contribution in [3.05, 3.63) is 95.5 Å². The number of carbonyl (C=O) groups excluding carboxylic acids is 2. The Morgan fingerprint density at radius 2 is 1.80 bits per heavy atom. The van der Waals surface area contributed by atoms with Crippen LogP contribution >= 0.6 is 0 Å². The Balaban J connectivity index is 1.04. The second-order valence-corrected chi connectivity index (χ2v) is 12.4. The summed E-state index contributed by atoms with van der Waals surface area (Å²) >= 11 is 0. The molecule has 11 nitrogen and oxygen atoms in total. The molecular weight excluding hydrogens is 577 g/mol. The van der Waals surface area contributed by atoms with E-state index in [9.17, 15) is 14.4 Å². The maximum atomic E-state index is 15.7. The normalized spacial score (nSPS) is 18.3. The molecule has 2 fully saturated rings. The van der Waals surface area contributed by atoms with Crippen molar-refractivity contribution >= 4 is 29.4 Å². The molecule has 0 aliphatic carbocycles. The van der Waals surface area contributed by atoms with E-state index in [1.54, 1.807) is 36.8 Å². The van der Waals surface area contributed by atoms with Crippen LogP contribution in [-0.2, 0) is 24.3 Å². The number of pyridine rings is 1. The first kappa shape index (κ1) is 27.3. The van der Waals surface area contributed by atoms with E-state index in [0.29, 0.717) is 30.2 Å². The number of hydrogen-bond acceptors (Lipinski definition) is 6. The van der Waals surface area contributed by atoms with Gasteiger partial charge in [-0.15, -0.1) is 0 Å². The van der Waals surface area contributed by atoms with Gasteiger partial charge in [0.1, 0.15) is 11.6 Å². The number of fused-ring (bicyclic) bond motifs is 2. The largest absolute Gasteiger partial charge is 0.465 e. The predicted octanol–water partition coefficient (Wildman–Crippen LogP) is 4.17. The molecule has 4 aromatic rings. The maximum absolute atomic E-state index is 15.7.